The van der Waals surface area contributed by atoms with Crippen LogP contribution in [0.1, 0.15) is 26.3 Å². The molecular weight excluding hydrogens is 192 g/mol. The summed E-state index contributed by atoms with van der Waals surface area (Å²) in [4.78, 5) is 10.9. The maximum atomic E-state index is 10.9. The van der Waals surface area contributed by atoms with Crippen molar-refractivity contribution in [3.8, 4) is 11.5 Å². The number of esters is 1. The minimum atomic E-state index is -0.322. The summed E-state index contributed by atoms with van der Waals surface area (Å²) in [5.74, 6) is 0.903. The molecule has 0 N–H and O–H groups in total. The molecule has 0 spiro atoms. The van der Waals surface area contributed by atoms with Gasteiger partial charge in [-0.25, -0.2) is 0 Å². The van der Waals surface area contributed by atoms with Gasteiger partial charge in [0, 0.05) is 18.9 Å². The zero-order valence-corrected chi connectivity index (χ0v) is 9.16. The van der Waals surface area contributed by atoms with Crippen LogP contribution in [0, 0.1) is 0 Å². The van der Waals surface area contributed by atoms with Gasteiger partial charge in [0.1, 0.15) is 5.60 Å². The molecule has 1 heterocycles. The standard InChI is InChI=1S/C12H14O3/c1-8(13)14-10-6-4-5-9-7-12(2,3)15-11(9)10/h4-6H,7H2,1-3H3. The number of carbonyl (C=O) groups is 1. The molecule has 3 heteroatoms. The fraction of sp³-hybridized carbons (Fsp3) is 0.417. The van der Waals surface area contributed by atoms with Gasteiger partial charge >= 0.3 is 5.97 Å². The van der Waals surface area contributed by atoms with Crippen molar-refractivity contribution in [3.63, 3.8) is 0 Å². The minimum Gasteiger partial charge on any atom is -0.483 e. The molecule has 1 aromatic rings. The molecule has 0 aliphatic carbocycles. The van der Waals surface area contributed by atoms with E-state index in [1.807, 2.05) is 26.0 Å². The third kappa shape index (κ3) is 1.96. The first-order valence-electron chi connectivity index (χ1n) is 4.97. The highest BCUT2D eigenvalue weighted by Gasteiger charge is 2.32. The largest absolute Gasteiger partial charge is 0.483 e. The molecule has 0 unspecified atom stereocenters. The number of hydrogen-bond donors (Lipinski definition) is 0. The number of para-hydroxylation sites is 1. The van der Waals surface area contributed by atoms with Gasteiger partial charge in [-0.05, 0) is 19.9 Å². The first-order valence-corrected chi connectivity index (χ1v) is 4.97. The molecule has 1 aliphatic rings. The van der Waals surface area contributed by atoms with E-state index in [4.69, 9.17) is 9.47 Å². The van der Waals surface area contributed by atoms with Gasteiger partial charge in [0.15, 0.2) is 11.5 Å². The zero-order chi connectivity index (χ0) is 11.1. The van der Waals surface area contributed by atoms with Crippen LogP contribution in [0.4, 0.5) is 0 Å². The van der Waals surface area contributed by atoms with Crippen LogP contribution in [0.25, 0.3) is 0 Å². The molecule has 0 amide bonds. The normalized spacial score (nSPS) is 16.7. The highest BCUT2D eigenvalue weighted by atomic mass is 16.6. The van der Waals surface area contributed by atoms with Gasteiger partial charge in [-0.1, -0.05) is 12.1 Å². The van der Waals surface area contributed by atoms with Crippen LogP contribution in [0.2, 0.25) is 0 Å². The topological polar surface area (TPSA) is 35.5 Å². The molecule has 15 heavy (non-hydrogen) atoms. The molecular formula is C12H14O3. The molecule has 80 valence electrons. The Hall–Kier alpha value is -1.51. The van der Waals surface area contributed by atoms with Crippen LogP contribution < -0.4 is 9.47 Å². The summed E-state index contributed by atoms with van der Waals surface area (Å²) in [6.45, 7) is 5.43. The van der Waals surface area contributed by atoms with E-state index in [0.29, 0.717) is 11.5 Å². The lowest BCUT2D eigenvalue weighted by Gasteiger charge is -2.17. The Balaban J connectivity index is 2.37. The van der Waals surface area contributed by atoms with E-state index in [0.717, 1.165) is 12.0 Å². The third-order valence-electron chi connectivity index (χ3n) is 2.31. The van der Waals surface area contributed by atoms with Crippen molar-refractivity contribution in [1.82, 2.24) is 0 Å². The Labute approximate surface area is 89.0 Å². The van der Waals surface area contributed by atoms with Crippen LogP contribution >= 0.6 is 0 Å². The lowest BCUT2D eigenvalue weighted by molar-refractivity contribution is -0.132. The van der Waals surface area contributed by atoms with Crippen molar-refractivity contribution < 1.29 is 14.3 Å². The highest BCUT2D eigenvalue weighted by Crippen LogP contribution is 2.41. The zero-order valence-electron chi connectivity index (χ0n) is 9.16. The summed E-state index contributed by atoms with van der Waals surface area (Å²) in [6, 6.07) is 5.63. The van der Waals surface area contributed by atoms with Gasteiger partial charge in [-0.3, -0.25) is 4.79 Å². The fourth-order valence-corrected chi connectivity index (χ4v) is 1.82. The van der Waals surface area contributed by atoms with Gasteiger partial charge in [-0.2, -0.15) is 0 Å². The molecule has 0 aromatic heterocycles. The molecule has 0 fully saturated rings. The second-order valence-electron chi connectivity index (χ2n) is 4.38. The van der Waals surface area contributed by atoms with Crippen molar-refractivity contribution in [3.05, 3.63) is 23.8 Å². The Morgan fingerprint density at radius 3 is 2.87 bits per heavy atom. The summed E-state index contributed by atoms with van der Waals surface area (Å²) in [7, 11) is 0. The van der Waals surface area contributed by atoms with Crippen LogP contribution in [0.3, 0.4) is 0 Å². The Bertz CT molecular complexity index is 407. The van der Waals surface area contributed by atoms with Crippen molar-refractivity contribution in [2.75, 3.05) is 0 Å². The predicted octanol–water partition coefficient (Wildman–Crippen LogP) is 2.33. The molecule has 0 radical (unpaired) electrons. The maximum absolute atomic E-state index is 10.9. The lowest BCUT2D eigenvalue weighted by atomic mass is 10.0. The Morgan fingerprint density at radius 2 is 2.20 bits per heavy atom. The Morgan fingerprint density at radius 1 is 1.47 bits per heavy atom. The van der Waals surface area contributed by atoms with E-state index in [1.165, 1.54) is 6.92 Å². The molecule has 0 saturated carbocycles. The summed E-state index contributed by atoms with van der Waals surface area (Å²) in [5, 5.41) is 0. The highest BCUT2D eigenvalue weighted by molar-refractivity contribution is 5.71. The van der Waals surface area contributed by atoms with E-state index in [2.05, 4.69) is 0 Å². The maximum Gasteiger partial charge on any atom is 0.308 e. The average molecular weight is 206 g/mol. The summed E-state index contributed by atoms with van der Waals surface area (Å²) < 4.78 is 10.8. The van der Waals surface area contributed by atoms with Crippen molar-refractivity contribution in [1.29, 1.82) is 0 Å². The van der Waals surface area contributed by atoms with E-state index in [9.17, 15) is 4.79 Å². The van der Waals surface area contributed by atoms with Gasteiger partial charge in [-0.15, -0.1) is 0 Å². The monoisotopic (exact) mass is 206 g/mol. The molecule has 2 rings (SSSR count). The average Bonchev–Trinajstić information content (AvgIpc) is 2.39. The quantitative estimate of drug-likeness (QED) is 0.522. The third-order valence-corrected chi connectivity index (χ3v) is 2.31. The smallest absolute Gasteiger partial charge is 0.308 e. The first kappa shape index (κ1) is 10.0. The first-order chi connectivity index (χ1) is 6.98. The second kappa shape index (κ2) is 3.26. The molecule has 0 atom stereocenters. The van der Waals surface area contributed by atoms with Gasteiger partial charge in [0.2, 0.25) is 0 Å². The summed E-state index contributed by atoms with van der Waals surface area (Å²) in [5.41, 5.74) is 0.886. The molecule has 0 saturated heterocycles. The lowest BCUT2D eigenvalue weighted by Crippen LogP contribution is -2.24. The van der Waals surface area contributed by atoms with E-state index >= 15 is 0 Å². The predicted molar refractivity (Wildman–Crippen MR) is 56.2 cm³/mol. The number of rotatable bonds is 1. The van der Waals surface area contributed by atoms with Gasteiger partial charge in [0.05, 0.1) is 0 Å². The van der Waals surface area contributed by atoms with Crippen LogP contribution in [-0.2, 0) is 11.2 Å². The van der Waals surface area contributed by atoms with Crippen LogP contribution in [0.15, 0.2) is 18.2 Å². The number of fused-ring (bicyclic) bond motifs is 1. The van der Waals surface area contributed by atoms with Crippen molar-refractivity contribution in [2.45, 2.75) is 32.8 Å². The van der Waals surface area contributed by atoms with Gasteiger partial charge in [0.25, 0.3) is 0 Å². The number of ether oxygens (including phenoxy) is 2. The summed E-state index contributed by atoms with van der Waals surface area (Å²) in [6.07, 6.45) is 0.845. The van der Waals surface area contributed by atoms with Crippen molar-refractivity contribution in [2.24, 2.45) is 0 Å². The molecule has 1 aromatic carbocycles. The van der Waals surface area contributed by atoms with Crippen LogP contribution in [-0.4, -0.2) is 11.6 Å². The molecule has 0 bridgehead atoms. The number of hydrogen-bond acceptors (Lipinski definition) is 3. The SMILES string of the molecule is CC(=O)Oc1cccc2c1OC(C)(C)C2. The van der Waals surface area contributed by atoms with E-state index < -0.39 is 0 Å². The van der Waals surface area contributed by atoms with Crippen molar-refractivity contribution >= 4 is 5.97 Å². The molecule has 1 aliphatic heterocycles. The van der Waals surface area contributed by atoms with Crippen LogP contribution in [0.5, 0.6) is 11.5 Å². The number of carbonyl (C=O) groups excluding carboxylic acids is 1. The molecule has 3 nitrogen and oxygen atoms in total. The van der Waals surface area contributed by atoms with E-state index in [1.54, 1.807) is 6.07 Å². The van der Waals surface area contributed by atoms with Gasteiger partial charge < -0.3 is 9.47 Å². The minimum absolute atomic E-state index is 0.210. The number of benzene rings is 1. The summed E-state index contributed by atoms with van der Waals surface area (Å²) >= 11 is 0. The van der Waals surface area contributed by atoms with E-state index in [-0.39, 0.29) is 11.6 Å². The fourth-order valence-electron chi connectivity index (χ4n) is 1.82. The Kier molecular flexibility index (Phi) is 2.18. The second-order valence-corrected chi connectivity index (χ2v) is 4.38.